The molecule has 2 N–H and O–H groups in total. The molecular formula is C12H18N2O2. The molecule has 0 atom stereocenters. The highest BCUT2D eigenvalue weighted by Gasteiger charge is 2.51. The predicted molar refractivity (Wildman–Crippen MR) is 58.6 cm³/mol. The standard InChI is InChI=1S/C12H18N2O2/c15-9-7-10(16)11(8-9)1-3-12(4-2-11)5-6-13-14-12/h13-14H,1-8H2. The second-order valence-electron chi connectivity index (χ2n) is 5.68. The Balaban J connectivity index is 1.74. The largest absolute Gasteiger partial charge is 0.299 e. The molecule has 2 aliphatic carbocycles. The molecule has 0 bridgehead atoms. The van der Waals surface area contributed by atoms with Crippen molar-refractivity contribution in [1.29, 1.82) is 0 Å². The van der Waals surface area contributed by atoms with Crippen molar-refractivity contribution in [2.24, 2.45) is 5.41 Å². The topological polar surface area (TPSA) is 58.2 Å². The van der Waals surface area contributed by atoms with Gasteiger partial charge in [-0.1, -0.05) is 0 Å². The Hall–Kier alpha value is -0.740. The van der Waals surface area contributed by atoms with Crippen LogP contribution in [0.15, 0.2) is 0 Å². The number of Topliss-reactive ketones (excluding diaryl/α,β-unsaturated/α-hetero) is 2. The molecule has 0 aromatic heterocycles. The Morgan fingerprint density at radius 3 is 2.25 bits per heavy atom. The highest BCUT2D eigenvalue weighted by Crippen LogP contribution is 2.49. The number of hydrogen-bond donors (Lipinski definition) is 2. The van der Waals surface area contributed by atoms with E-state index in [1.807, 2.05) is 0 Å². The van der Waals surface area contributed by atoms with Crippen LogP contribution in [0.25, 0.3) is 0 Å². The van der Waals surface area contributed by atoms with Gasteiger partial charge in [0.25, 0.3) is 0 Å². The van der Waals surface area contributed by atoms with E-state index in [0.29, 0.717) is 6.42 Å². The minimum atomic E-state index is -0.271. The highest BCUT2D eigenvalue weighted by molar-refractivity contribution is 6.09. The third kappa shape index (κ3) is 1.44. The van der Waals surface area contributed by atoms with Crippen molar-refractivity contribution in [2.45, 2.75) is 50.5 Å². The van der Waals surface area contributed by atoms with Gasteiger partial charge < -0.3 is 0 Å². The molecule has 3 aliphatic rings. The van der Waals surface area contributed by atoms with Crippen LogP contribution in [0, 0.1) is 5.41 Å². The maximum absolute atomic E-state index is 11.9. The lowest BCUT2D eigenvalue weighted by atomic mass is 9.65. The zero-order valence-electron chi connectivity index (χ0n) is 9.47. The Kier molecular flexibility index (Phi) is 2.20. The summed E-state index contributed by atoms with van der Waals surface area (Å²) in [6, 6.07) is 0. The van der Waals surface area contributed by atoms with Gasteiger partial charge >= 0.3 is 0 Å². The van der Waals surface area contributed by atoms with Crippen LogP contribution in [0.5, 0.6) is 0 Å². The summed E-state index contributed by atoms with van der Waals surface area (Å²) in [7, 11) is 0. The second-order valence-corrected chi connectivity index (χ2v) is 5.68. The molecule has 2 saturated carbocycles. The minimum Gasteiger partial charge on any atom is -0.299 e. The molecule has 3 fully saturated rings. The maximum Gasteiger partial charge on any atom is 0.146 e. The van der Waals surface area contributed by atoms with Crippen molar-refractivity contribution in [3.05, 3.63) is 0 Å². The Bertz CT molecular complexity index is 335. The van der Waals surface area contributed by atoms with E-state index in [1.54, 1.807) is 0 Å². The average Bonchev–Trinajstić information content (AvgIpc) is 2.80. The van der Waals surface area contributed by atoms with E-state index in [0.717, 1.165) is 38.6 Å². The van der Waals surface area contributed by atoms with E-state index in [2.05, 4.69) is 10.9 Å². The maximum atomic E-state index is 11.9. The van der Waals surface area contributed by atoms with Crippen LogP contribution >= 0.6 is 0 Å². The van der Waals surface area contributed by atoms with Gasteiger partial charge in [-0.3, -0.25) is 20.4 Å². The summed E-state index contributed by atoms with van der Waals surface area (Å²) in [5.74, 6) is 0.358. The summed E-state index contributed by atoms with van der Waals surface area (Å²) in [5.41, 5.74) is 6.47. The summed E-state index contributed by atoms with van der Waals surface area (Å²) in [6.07, 6.45) is 5.69. The van der Waals surface area contributed by atoms with Crippen LogP contribution in [0.4, 0.5) is 0 Å². The summed E-state index contributed by atoms with van der Waals surface area (Å²) in [4.78, 5) is 23.3. The SMILES string of the molecule is O=C1CC(=O)C2(CCC3(CCNN3)CC2)C1. The number of hydrazine groups is 1. The summed E-state index contributed by atoms with van der Waals surface area (Å²) in [5, 5.41) is 0. The summed E-state index contributed by atoms with van der Waals surface area (Å²) in [6.45, 7) is 1.01. The van der Waals surface area contributed by atoms with E-state index in [1.165, 1.54) is 0 Å². The predicted octanol–water partition coefficient (Wildman–Crippen LogP) is 0.715. The first-order valence-corrected chi connectivity index (χ1v) is 6.19. The smallest absolute Gasteiger partial charge is 0.146 e. The van der Waals surface area contributed by atoms with Crippen LogP contribution in [-0.4, -0.2) is 23.7 Å². The first-order chi connectivity index (χ1) is 7.64. The van der Waals surface area contributed by atoms with Crippen LogP contribution in [0.1, 0.15) is 44.9 Å². The zero-order valence-corrected chi connectivity index (χ0v) is 9.47. The fourth-order valence-corrected chi connectivity index (χ4v) is 3.56. The van der Waals surface area contributed by atoms with Crippen molar-refractivity contribution in [3.63, 3.8) is 0 Å². The van der Waals surface area contributed by atoms with Gasteiger partial charge in [0.15, 0.2) is 0 Å². The van der Waals surface area contributed by atoms with E-state index in [-0.39, 0.29) is 28.9 Å². The molecule has 3 rings (SSSR count). The quantitative estimate of drug-likeness (QED) is 0.593. The molecule has 0 unspecified atom stereocenters. The van der Waals surface area contributed by atoms with Crippen molar-refractivity contribution >= 4 is 11.6 Å². The van der Waals surface area contributed by atoms with Gasteiger partial charge in [-0.25, -0.2) is 0 Å². The van der Waals surface area contributed by atoms with Gasteiger partial charge in [0.2, 0.25) is 0 Å². The zero-order chi connectivity index (χ0) is 11.2. The Morgan fingerprint density at radius 1 is 1.00 bits per heavy atom. The molecule has 16 heavy (non-hydrogen) atoms. The van der Waals surface area contributed by atoms with Crippen LogP contribution in [0.2, 0.25) is 0 Å². The number of hydrogen-bond acceptors (Lipinski definition) is 4. The van der Waals surface area contributed by atoms with Crippen molar-refractivity contribution in [3.8, 4) is 0 Å². The molecule has 0 amide bonds. The molecule has 0 aromatic rings. The first-order valence-electron chi connectivity index (χ1n) is 6.19. The molecule has 0 aromatic carbocycles. The molecule has 2 spiro atoms. The van der Waals surface area contributed by atoms with E-state index < -0.39 is 0 Å². The van der Waals surface area contributed by atoms with Crippen LogP contribution in [-0.2, 0) is 9.59 Å². The number of carbonyl (C=O) groups is 2. The number of rotatable bonds is 0. The number of ketones is 2. The normalized spacial score (nSPS) is 43.8. The van der Waals surface area contributed by atoms with E-state index in [4.69, 9.17) is 0 Å². The molecule has 4 nitrogen and oxygen atoms in total. The number of carbonyl (C=O) groups excluding carboxylic acids is 2. The van der Waals surface area contributed by atoms with Gasteiger partial charge in [0, 0.05) is 23.9 Å². The molecular weight excluding hydrogens is 204 g/mol. The van der Waals surface area contributed by atoms with Gasteiger partial charge in [0.1, 0.15) is 11.6 Å². The molecule has 0 radical (unpaired) electrons. The molecule has 1 heterocycles. The monoisotopic (exact) mass is 222 g/mol. The van der Waals surface area contributed by atoms with Gasteiger partial charge in [-0.15, -0.1) is 0 Å². The summed E-state index contributed by atoms with van der Waals surface area (Å²) >= 11 is 0. The van der Waals surface area contributed by atoms with Crippen LogP contribution in [0.3, 0.4) is 0 Å². The Labute approximate surface area is 95.1 Å². The molecule has 88 valence electrons. The average molecular weight is 222 g/mol. The highest BCUT2D eigenvalue weighted by atomic mass is 16.2. The van der Waals surface area contributed by atoms with Crippen molar-refractivity contribution in [2.75, 3.05) is 6.54 Å². The minimum absolute atomic E-state index is 0.151. The van der Waals surface area contributed by atoms with Crippen molar-refractivity contribution < 1.29 is 9.59 Å². The lowest BCUT2D eigenvalue weighted by Gasteiger charge is -2.41. The second kappa shape index (κ2) is 3.37. The third-order valence-electron chi connectivity index (χ3n) is 4.73. The number of nitrogens with one attached hydrogen (secondary N) is 2. The fourth-order valence-electron chi connectivity index (χ4n) is 3.56. The summed E-state index contributed by atoms with van der Waals surface area (Å²) < 4.78 is 0. The Morgan fingerprint density at radius 2 is 1.75 bits per heavy atom. The molecule has 1 aliphatic heterocycles. The fraction of sp³-hybridized carbons (Fsp3) is 0.833. The lowest BCUT2D eigenvalue weighted by molar-refractivity contribution is -0.128. The lowest BCUT2D eigenvalue weighted by Crippen LogP contribution is -2.49. The van der Waals surface area contributed by atoms with E-state index >= 15 is 0 Å². The van der Waals surface area contributed by atoms with Crippen LogP contribution < -0.4 is 10.9 Å². The van der Waals surface area contributed by atoms with E-state index in [9.17, 15) is 9.59 Å². The molecule has 4 heteroatoms. The van der Waals surface area contributed by atoms with Crippen molar-refractivity contribution in [1.82, 2.24) is 10.9 Å². The molecule has 1 saturated heterocycles. The van der Waals surface area contributed by atoms with Gasteiger partial charge in [-0.05, 0) is 32.1 Å². The first kappa shape index (κ1) is 10.4. The van der Waals surface area contributed by atoms with Gasteiger partial charge in [-0.2, -0.15) is 0 Å². The third-order valence-corrected chi connectivity index (χ3v) is 4.73. The van der Waals surface area contributed by atoms with Gasteiger partial charge in [0.05, 0.1) is 6.42 Å².